The SMILES string of the molecule is CCN(CC)[C@H](CN=C(N)N(C)C)c1ccccc1. The molecule has 4 heteroatoms. The van der Waals surface area contributed by atoms with Gasteiger partial charge in [-0.1, -0.05) is 44.2 Å². The zero-order valence-electron chi connectivity index (χ0n) is 12.5. The summed E-state index contributed by atoms with van der Waals surface area (Å²) in [5, 5.41) is 0. The lowest BCUT2D eigenvalue weighted by atomic mass is 10.1. The molecule has 0 radical (unpaired) electrons. The highest BCUT2D eigenvalue weighted by atomic mass is 15.2. The largest absolute Gasteiger partial charge is 0.370 e. The molecule has 1 aromatic rings. The van der Waals surface area contributed by atoms with Gasteiger partial charge in [0.1, 0.15) is 0 Å². The molecule has 1 rings (SSSR count). The van der Waals surface area contributed by atoms with Crippen molar-refractivity contribution in [3.63, 3.8) is 0 Å². The number of hydrogen-bond acceptors (Lipinski definition) is 2. The molecule has 0 aromatic heterocycles. The maximum atomic E-state index is 5.88. The van der Waals surface area contributed by atoms with Crippen LogP contribution in [0.4, 0.5) is 0 Å². The second-order valence-corrected chi connectivity index (χ2v) is 4.74. The number of benzene rings is 1. The van der Waals surface area contributed by atoms with Crippen LogP contribution in [0.5, 0.6) is 0 Å². The van der Waals surface area contributed by atoms with Crippen molar-refractivity contribution >= 4 is 5.96 Å². The number of likely N-dealkylation sites (N-methyl/N-ethyl adjacent to an activating group) is 1. The van der Waals surface area contributed by atoms with Crippen LogP contribution in [-0.2, 0) is 0 Å². The van der Waals surface area contributed by atoms with Crippen molar-refractivity contribution < 1.29 is 0 Å². The summed E-state index contributed by atoms with van der Waals surface area (Å²) in [6.45, 7) is 7.06. The lowest BCUT2D eigenvalue weighted by Crippen LogP contribution is -2.34. The van der Waals surface area contributed by atoms with E-state index in [0.717, 1.165) is 13.1 Å². The molecule has 0 heterocycles. The number of guanidine groups is 1. The Bertz CT molecular complexity index is 382. The zero-order valence-corrected chi connectivity index (χ0v) is 12.5. The molecule has 0 spiro atoms. The summed E-state index contributed by atoms with van der Waals surface area (Å²) in [6.07, 6.45) is 0. The van der Waals surface area contributed by atoms with Crippen molar-refractivity contribution in [3.05, 3.63) is 35.9 Å². The molecule has 19 heavy (non-hydrogen) atoms. The Kier molecular flexibility index (Phi) is 6.36. The molecule has 0 aliphatic rings. The first-order chi connectivity index (χ1) is 9.10. The quantitative estimate of drug-likeness (QED) is 0.629. The fourth-order valence-electron chi connectivity index (χ4n) is 2.09. The first kappa shape index (κ1) is 15.5. The van der Waals surface area contributed by atoms with Crippen LogP contribution in [0.2, 0.25) is 0 Å². The van der Waals surface area contributed by atoms with Crippen molar-refractivity contribution in [2.45, 2.75) is 19.9 Å². The van der Waals surface area contributed by atoms with Crippen LogP contribution in [-0.4, -0.2) is 49.5 Å². The first-order valence-electron chi connectivity index (χ1n) is 6.86. The molecule has 0 aliphatic carbocycles. The molecule has 0 amide bonds. The lowest BCUT2D eigenvalue weighted by Gasteiger charge is -2.29. The lowest BCUT2D eigenvalue weighted by molar-refractivity contribution is 0.224. The van der Waals surface area contributed by atoms with Gasteiger partial charge >= 0.3 is 0 Å². The Morgan fingerprint density at radius 3 is 2.21 bits per heavy atom. The van der Waals surface area contributed by atoms with E-state index in [0.29, 0.717) is 12.5 Å². The summed E-state index contributed by atoms with van der Waals surface area (Å²) in [7, 11) is 3.82. The van der Waals surface area contributed by atoms with E-state index in [1.54, 1.807) is 0 Å². The van der Waals surface area contributed by atoms with Crippen LogP contribution >= 0.6 is 0 Å². The molecule has 0 saturated carbocycles. The van der Waals surface area contributed by atoms with Gasteiger partial charge in [-0.25, -0.2) is 0 Å². The van der Waals surface area contributed by atoms with Gasteiger partial charge in [0, 0.05) is 14.1 Å². The van der Waals surface area contributed by atoms with Gasteiger partial charge in [-0.15, -0.1) is 0 Å². The third kappa shape index (κ3) is 4.56. The molecule has 0 saturated heterocycles. The average molecular weight is 262 g/mol. The smallest absolute Gasteiger partial charge is 0.190 e. The highest BCUT2D eigenvalue weighted by molar-refractivity contribution is 5.77. The van der Waals surface area contributed by atoms with E-state index < -0.39 is 0 Å². The summed E-state index contributed by atoms with van der Waals surface area (Å²) in [5.41, 5.74) is 7.18. The van der Waals surface area contributed by atoms with E-state index in [2.05, 4.69) is 48.0 Å². The van der Waals surface area contributed by atoms with Crippen molar-refractivity contribution in [2.75, 3.05) is 33.7 Å². The molecule has 2 N–H and O–H groups in total. The molecule has 0 bridgehead atoms. The number of aliphatic imine (C=N–C) groups is 1. The Morgan fingerprint density at radius 2 is 1.74 bits per heavy atom. The summed E-state index contributed by atoms with van der Waals surface area (Å²) in [4.78, 5) is 8.74. The summed E-state index contributed by atoms with van der Waals surface area (Å²) >= 11 is 0. The molecular weight excluding hydrogens is 236 g/mol. The molecular formula is C15H26N4. The molecule has 106 valence electrons. The van der Waals surface area contributed by atoms with Crippen molar-refractivity contribution in [2.24, 2.45) is 10.7 Å². The minimum absolute atomic E-state index is 0.287. The molecule has 1 aromatic carbocycles. The van der Waals surface area contributed by atoms with Gasteiger partial charge in [-0.2, -0.15) is 0 Å². The van der Waals surface area contributed by atoms with Crippen LogP contribution in [0, 0.1) is 0 Å². The molecule has 1 atom stereocenters. The third-order valence-corrected chi connectivity index (χ3v) is 3.32. The predicted octanol–water partition coefficient (Wildman–Crippen LogP) is 1.95. The van der Waals surface area contributed by atoms with Gasteiger partial charge < -0.3 is 10.6 Å². The molecule has 0 aliphatic heterocycles. The van der Waals surface area contributed by atoms with E-state index in [-0.39, 0.29) is 6.04 Å². The Balaban J connectivity index is 2.91. The molecule has 4 nitrogen and oxygen atoms in total. The van der Waals surface area contributed by atoms with Crippen LogP contribution in [0.3, 0.4) is 0 Å². The minimum Gasteiger partial charge on any atom is -0.370 e. The third-order valence-electron chi connectivity index (χ3n) is 3.32. The Hall–Kier alpha value is -1.55. The number of nitrogens with two attached hydrogens (primary N) is 1. The van der Waals surface area contributed by atoms with Gasteiger partial charge in [0.15, 0.2) is 5.96 Å². The topological polar surface area (TPSA) is 44.9 Å². The second-order valence-electron chi connectivity index (χ2n) is 4.74. The first-order valence-corrected chi connectivity index (χ1v) is 6.86. The van der Waals surface area contributed by atoms with E-state index in [1.165, 1.54) is 5.56 Å². The summed E-state index contributed by atoms with van der Waals surface area (Å²) < 4.78 is 0. The normalized spacial score (nSPS) is 13.6. The van der Waals surface area contributed by atoms with Gasteiger partial charge in [0.05, 0.1) is 12.6 Å². The maximum Gasteiger partial charge on any atom is 0.190 e. The number of nitrogens with zero attached hydrogens (tertiary/aromatic N) is 3. The van der Waals surface area contributed by atoms with E-state index in [1.807, 2.05) is 25.1 Å². The standard InChI is InChI=1S/C15H26N4/c1-5-19(6-2)14(12-17-15(16)18(3)4)13-10-8-7-9-11-13/h7-11,14H,5-6,12H2,1-4H3,(H2,16,17)/t14-/m1/s1. The molecule has 0 unspecified atom stereocenters. The van der Waals surface area contributed by atoms with Gasteiger partial charge in [0.25, 0.3) is 0 Å². The monoisotopic (exact) mass is 262 g/mol. The number of rotatable bonds is 6. The number of hydrogen-bond donors (Lipinski definition) is 1. The Morgan fingerprint density at radius 1 is 1.16 bits per heavy atom. The van der Waals surface area contributed by atoms with E-state index in [4.69, 9.17) is 5.73 Å². The van der Waals surface area contributed by atoms with Crippen LogP contribution in [0.25, 0.3) is 0 Å². The Labute approximate surface area is 116 Å². The highest BCUT2D eigenvalue weighted by Crippen LogP contribution is 2.20. The van der Waals surface area contributed by atoms with Gasteiger partial charge in [0.2, 0.25) is 0 Å². The predicted molar refractivity (Wildman–Crippen MR) is 82.3 cm³/mol. The van der Waals surface area contributed by atoms with E-state index in [9.17, 15) is 0 Å². The van der Waals surface area contributed by atoms with Gasteiger partial charge in [-0.05, 0) is 18.7 Å². The second kappa shape index (κ2) is 7.79. The fourth-order valence-corrected chi connectivity index (χ4v) is 2.09. The van der Waals surface area contributed by atoms with Crippen molar-refractivity contribution in [1.29, 1.82) is 0 Å². The summed E-state index contributed by atoms with van der Waals surface area (Å²) in [5.74, 6) is 0.577. The average Bonchev–Trinajstić information content (AvgIpc) is 2.43. The molecule has 0 fully saturated rings. The summed E-state index contributed by atoms with van der Waals surface area (Å²) in [6, 6.07) is 10.8. The van der Waals surface area contributed by atoms with Crippen LogP contribution < -0.4 is 5.73 Å². The van der Waals surface area contributed by atoms with Crippen LogP contribution in [0.1, 0.15) is 25.5 Å². The van der Waals surface area contributed by atoms with Gasteiger partial charge in [-0.3, -0.25) is 9.89 Å². The highest BCUT2D eigenvalue weighted by Gasteiger charge is 2.17. The van der Waals surface area contributed by atoms with Crippen LogP contribution in [0.15, 0.2) is 35.3 Å². The van der Waals surface area contributed by atoms with Crippen molar-refractivity contribution in [1.82, 2.24) is 9.80 Å². The van der Waals surface area contributed by atoms with Crippen molar-refractivity contribution in [3.8, 4) is 0 Å². The maximum absolute atomic E-state index is 5.88. The zero-order chi connectivity index (χ0) is 14.3. The minimum atomic E-state index is 0.287. The van der Waals surface area contributed by atoms with E-state index >= 15 is 0 Å². The fraction of sp³-hybridized carbons (Fsp3) is 0.533.